The molecular weight excluding hydrogens is 184 g/mol. The van der Waals surface area contributed by atoms with Gasteiger partial charge in [0, 0.05) is 5.41 Å². The quantitative estimate of drug-likeness (QED) is 0.801. The van der Waals surface area contributed by atoms with Crippen molar-refractivity contribution in [2.75, 3.05) is 0 Å². The predicted octanol–water partition coefficient (Wildman–Crippen LogP) is 3.27. The minimum Gasteiger partial charge on any atom is -0.392 e. The van der Waals surface area contributed by atoms with E-state index in [-0.39, 0.29) is 11.5 Å². The molecular formula is C14H20O. The number of aliphatic hydroxyl groups is 1. The van der Waals surface area contributed by atoms with E-state index in [2.05, 4.69) is 31.2 Å². The third-order valence-corrected chi connectivity index (χ3v) is 3.87. The molecule has 0 heterocycles. The summed E-state index contributed by atoms with van der Waals surface area (Å²) in [5, 5.41) is 10.3. The van der Waals surface area contributed by atoms with Crippen LogP contribution in [0.2, 0.25) is 0 Å². The topological polar surface area (TPSA) is 20.2 Å². The monoisotopic (exact) mass is 204 g/mol. The van der Waals surface area contributed by atoms with Gasteiger partial charge in [-0.2, -0.15) is 0 Å². The lowest BCUT2D eigenvalue weighted by Crippen LogP contribution is -2.36. The summed E-state index contributed by atoms with van der Waals surface area (Å²) in [4.78, 5) is 0. The Hall–Kier alpha value is -0.820. The standard InChI is InChI=1S/C14H20O/c1-2-13(15)14(10-6-7-11-14)12-8-4-3-5-9-12/h3-5,8-9,13,15H,2,6-7,10-11H2,1H3/t13-/m1/s1. The molecule has 0 aromatic heterocycles. The first-order chi connectivity index (χ1) is 7.29. The van der Waals surface area contributed by atoms with Crippen LogP contribution in [-0.2, 0) is 5.41 Å². The fourth-order valence-electron chi connectivity index (χ4n) is 2.98. The van der Waals surface area contributed by atoms with E-state index in [1.54, 1.807) is 0 Å². The highest BCUT2D eigenvalue weighted by Crippen LogP contribution is 2.44. The highest BCUT2D eigenvalue weighted by molar-refractivity contribution is 5.28. The van der Waals surface area contributed by atoms with Crippen LogP contribution in [0, 0.1) is 0 Å². The van der Waals surface area contributed by atoms with Crippen molar-refractivity contribution in [2.45, 2.75) is 50.5 Å². The summed E-state index contributed by atoms with van der Waals surface area (Å²) < 4.78 is 0. The minimum atomic E-state index is -0.178. The van der Waals surface area contributed by atoms with E-state index in [1.807, 2.05) is 6.07 Å². The van der Waals surface area contributed by atoms with Crippen LogP contribution in [0.25, 0.3) is 0 Å². The third-order valence-electron chi connectivity index (χ3n) is 3.87. The van der Waals surface area contributed by atoms with E-state index in [1.165, 1.54) is 18.4 Å². The van der Waals surface area contributed by atoms with Gasteiger partial charge in [0.15, 0.2) is 0 Å². The Bertz CT molecular complexity index is 298. The molecule has 1 aromatic rings. The van der Waals surface area contributed by atoms with Crippen LogP contribution in [0.4, 0.5) is 0 Å². The van der Waals surface area contributed by atoms with Crippen molar-refractivity contribution in [2.24, 2.45) is 0 Å². The summed E-state index contributed by atoms with van der Waals surface area (Å²) in [5.74, 6) is 0. The first-order valence-electron chi connectivity index (χ1n) is 6.03. The highest BCUT2D eigenvalue weighted by atomic mass is 16.3. The Kier molecular flexibility index (Phi) is 3.11. The van der Waals surface area contributed by atoms with E-state index in [0.29, 0.717) is 0 Å². The Morgan fingerprint density at radius 3 is 2.33 bits per heavy atom. The molecule has 1 fully saturated rings. The van der Waals surface area contributed by atoms with Gasteiger partial charge in [0.25, 0.3) is 0 Å². The lowest BCUT2D eigenvalue weighted by Gasteiger charge is -2.34. The molecule has 0 unspecified atom stereocenters. The zero-order chi connectivity index (χ0) is 10.7. The normalized spacial score (nSPS) is 21.5. The molecule has 1 N–H and O–H groups in total. The van der Waals surface area contributed by atoms with E-state index in [0.717, 1.165) is 19.3 Å². The Balaban J connectivity index is 2.35. The second-order valence-corrected chi connectivity index (χ2v) is 4.65. The molecule has 1 aliphatic carbocycles. The highest BCUT2D eigenvalue weighted by Gasteiger charge is 2.40. The molecule has 1 atom stereocenters. The molecule has 0 bridgehead atoms. The van der Waals surface area contributed by atoms with Gasteiger partial charge in [-0.15, -0.1) is 0 Å². The molecule has 0 aliphatic heterocycles. The van der Waals surface area contributed by atoms with E-state index >= 15 is 0 Å². The van der Waals surface area contributed by atoms with Crippen LogP contribution in [0.15, 0.2) is 30.3 Å². The van der Waals surface area contributed by atoms with Crippen molar-refractivity contribution in [1.82, 2.24) is 0 Å². The molecule has 0 spiro atoms. The van der Waals surface area contributed by atoms with Crippen molar-refractivity contribution in [1.29, 1.82) is 0 Å². The second kappa shape index (κ2) is 4.36. The van der Waals surface area contributed by atoms with Gasteiger partial charge in [0.05, 0.1) is 6.10 Å². The summed E-state index contributed by atoms with van der Waals surface area (Å²) in [7, 11) is 0. The summed E-state index contributed by atoms with van der Waals surface area (Å²) in [6.07, 6.45) is 5.48. The average Bonchev–Trinajstić information content (AvgIpc) is 2.79. The Morgan fingerprint density at radius 2 is 1.80 bits per heavy atom. The third kappa shape index (κ3) is 1.81. The first-order valence-corrected chi connectivity index (χ1v) is 6.03. The zero-order valence-corrected chi connectivity index (χ0v) is 9.45. The number of aliphatic hydroxyl groups excluding tert-OH is 1. The van der Waals surface area contributed by atoms with E-state index < -0.39 is 0 Å². The fourth-order valence-corrected chi connectivity index (χ4v) is 2.98. The Labute approximate surface area is 92.1 Å². The van der Waals surface area contributed by atoms with Crippen LogP contribution in [0.1, 0.15) is 44.6 Å². The van der Waals surface area contributed by atoms with Crippen molar-refractivity contribution in [3.8, 4) is 0 Å². The molecule has 1 nitrogen and oxygen atoms in total. The molecule has 1 aromatic carbocycles. The lowest BCUT2D eigenvalue weighted by atomic mass is 9.73. The van der Waals surface area contributed by atoms with Crippen LogP contribution < -0.4 is 0 Å². The molecule has 1 saturated carbocycles. The molecule has 15 heavy (non-hydrogen) atoms. The number of hydrogen-bond donors (Lipinski definition) is 1. The molecule has 0 radical (unpaired) electrons. The molecule has 1 heteroatoms. The van der Waals surface area contributed by atoms with Crippen LogP contribution in [0.3, 0.4) is 0 Å². The smallest absolute Gasteiger partial charge is 0.0634 e. The predicted molar refractivity (Wildman–Crippen MR) is 62.9 cm³/mol. The maximum Gasteiger partial charge on any atom is 0.0634 e. The molecule has 2 rings (SSSR count). The van der Waals surface area contributed by atoms with Crippen molar-refractivity contribution >= 4 is 0 Å². The van der Waals surface area contributed by atoms with Gasteiger partial charge in [0.2, 0.25) is 0 Å². The van der Waals surface area contributed by atoms with Gasteiger partial charge < -0.3 is 5.11 Å². The van der Waals surface area contributed by atoms with Crippen molar-refractivity contribution < 1.29 is 5.11 Å². The lowest BCUT2D eigenvalue weighted by molar-refractivity contribution is 0.0789. The van der Waals surface area contributed by atoms with Gasteiger partial charge in [-0.1, -0.05) is 50.1 Å². The number of rotatable bonds is 3. The fraction of sp³-hybridized carbons (Fsp3) is 0.571. The van der Waals surface area contributed by atoms with E-state index in [9.17, 15) is 5.11 Å². The number of benzene rings is 1. The zero-order valence-electron chi connectivity index (χ0n) is 9.45. The average molecular weight is 204 g/mol. The molecule has 82 valence electrons. The largest absolute Gasteiger partial charge is 0.392 e. The van der Waals surface area contributed by atoms with Gasteiger partial charge in [-0.3, -0.25) is 0 Å². The molecule has 0 saturated heterocycles. The minimum absolute atomic E-state index is 0.0516. The van der Waals surface area contributed by atoms with Gasteiger partial charge in [-0.25, -0.2) is 0 Å². The van der Waals surface area contributed by atoms with Crippen LogP contribution in [0.5, 0.6) is 0 Å². The maximum atomic E-state index is 10.3. The first kappa shape index (κ1) is 10.7. The summed E-state index contributed by atoms with van der Waals surface area (Å²) in [6, 6.07) is 10.6. The SMILES string of the molecule is CC[C@@H](O)C1(c2ccccc2)CCCC1. The van der Waals surface area contributed by atoms with Crippen LogP contribution >= 0.6 is 0 Å². The van der Waals surface area contributed by atoms with E-state index in [4.69, 9.17) is 0 Å². The summed E-state index contributed by atoms with van der Waals surface area (Å²) in [6.45, 7) is 2.08. The van der Waals surface area contributed by atoms with Crippen molar-refractivity contribution in [3.05, 3.63) is 35.9 Å². The van der Waals surface area contributed by atoms with Gasteiger partial charge in [0.1, 0.15) is 0 Å². The number of hydrogen-bond acceptors (Lipinski definition) is 1. The van der Waals surface area contributed by atoms with Gasteiger partial charge in [-0.05, 0) is 24.8 Å². The van der Waals surface area contributed by atoms with Crippen molar-refractivity contribution in [3.63, 3.8) is 0 Å². The summed E-state index contributed by atoms with van der Waals surface area (Å²) >= 11 is 0. The second-order valence-electron chi connectivity index (χ2n) is 4.65. The molecule has 1 aliphatic rings. The van der Waals surface area contributed by atoms with Gasteiger partial charge >= 0.3 is 0 Å². The maximum absolute atomic E-state index is 10.3. The van der Waals surface area contributed by atoms with Crippen LogP contribution in [-0.4, -0.2) is 11.2 Å². The Morgan fingerprint density at radius 1 is 1.20 bits per heavy atom. The summed E-state index contributed by atoms with van der Waals surface area (Å²) in [5.41, 5.74) is 1.38. The molecule has 0 amide bonds.